The summed E-state index contributed by atoms with van der Waals surface area (Å²) in [5.41, 5.74) is 17.5. The van der Waals surface area contributed by atoms with Crippen LogP contribution in [-0.2, 0) is 5.41 Å². The molecule has 0 bridgehead atoms. The van der Waals surface area contributed by atoms with Gasteiger partial charge in [-0.25, -0.2) is 9.97 Å². The zero-order chi connectivity index (χ0) is 36.9. The minimum Gasteiger partial charge on any atom is -0.228 e. The fourth-order valence-corrected chi connectivity index (χ4v) is 8.47. The Hall–Kier alpha value is -6.90. The lowest BCUT2D eigenvalue weighted by Gasteiger charge is -2.24. The Kier molecular flexibility index (Phi) is 7.85. The summed E-state index contributed by atoms with van der Waals surface area (Å²) < 4.78 is 0. The highest BCUT2D eigenvalue weighted by atomic mass is 14.9. The Morgan fingerprint density at radius 3 is 1.45 bits per heavy atom. The van der Waals surface area contributed by atoms with Gasteiger partial charge in [-0.15, -0.1) is 0 Å². The summed E-state index contributed by atoms with van der Waals surface area (Å²) in [5.74, 6) is 0.716. The van der Waals surface area contributed by atoms with Crippen molar-refractivity contribution < 1.29 is 0 Å². The van der Waals surface area contributed by atoms with Gasteiger partial charge in [-0.05, 0) is 84.6 Å². The zero-order valence-corrected chi connectivity index (χ0v) is 30.9. The molecular formula is C53H38N2. The molecule has 1 aliphatic carbocycles. The lowest BCUT2D eigenvalue weighted by molar-refractivity contribution is 0.666. The third-order valence-electron chi connectivity index (χ3n) is 11.3. The van der Waals surface area contributed by atoms with Crippen molar-refractivity contribution in [3.63, 3.8) is 0 Å². The van der Waals surface area contributed by atoms with Gasteiger partial charge in [0.15, 0.2) is 5.82 Å². The van der Waals surface area contributed by atoms with Gasteiger partial charge in [-0.3, -0.25) is 0 Å². The van der Waals surface area contributed by atoms with E-state index < -0.39 is 0 Å². The maximum atomic E-state index is 5.06. The predicted octanol–water partition coefficient (Wildman–Crippen LogP) is 13.9. The Morgan fingerprint density at radius 2 is 0.836 bits per heavy atom. The third-order valence-corrected chi connectivity index (χ3v) is 11.3. The average Bonchev–Trinajstić information content (AvgIpc) is 3.50. The fraction of sp³-hybridized carbons (Fsp3) is 0.0566. The summed E-state index contributed by atoms with van der Waals surface area (Å²) in [6, 6.07) is 69.5. The highest BCUT2D eigenvalue weighted by Gasteiger charge is 2.39. The molecule has 260 valence electrons. The molecule has 10 rings (SSSR count). The van der Waals surface area contributed by atoms with Gasteiger partial charge in [0, 0.05) is 22.1 Å². The minimum absolute atomic E-state index is 0.195. The van der Waals surface area contributed by atoms with Gasteiger partial charge in [-0.1, -0.05) is 190 Å². The van der Waals surface area contributed by atoms with E-state index in [1.807, 2.05) is 12.1 Å². The highest BCUT2D eigenvalue weighted by Crippen LogP contribution is 2.55. The summed E-state index contributed by atoms with van der Waals surface area (Å²) in [5, 5.41) is 2.59. The van der Waals surface area contributed by atoms with Crippen molar-refractivity contribution in [2.75, 3.05) is 0 Å². The second-order valence-electron chi connectivity index (χ2n) is 15.0. The Labute approximate surface area is 322 Å². The molecule has 2 nitrogen and oxygen atoms in total. The molecule has 0 spiro atoms. The first-order valence-electron chi connectivity index (χ1n) is 19.0. The van der Waals surface area contributed by atoms with E-state index in [0.29, 0.717) is 5.82 Å². The smallest absolute Gasteiger partial charge is 0.160 e. The number of hydrogen-bond donors (Lipinski definition) is 0. The van der Waals surface area contributed by atoms with Crippen LogP contribution in [0.4, 0.5) is 0 Å². The van der Waals surface area contributed by atoms with Gasteiger partial charge < -0.3 is 0 Å². The van der Waals surface area contributed by atoms with E-state index in [4.69, 9.17) is 9.97 Å². The lowest BCUT2D eigenvalue weighted by atomic mass is 9.78. The summed E-state index contributed by atoms with van der Waals surface area (Å²) in [4.78, 5) is 10.1. The molecule has 0 aliphatic heterocycles. The van der Waals surface area contributed by atoms with E-state index in [0.717, 1.165) is 28.1 Å². The fourth-order valence-electron chi connectivity index (χ4n) is 8.47. The zero-order valence-electron chi connectivity index (χ0n) is 30.9. The molecule has 0 radical (unpaired) electrons. The van der Waals surface area contributed by atoms with E-state index in [9.17, 15) is 0 Å². The molecule has 55 heavy (non-hydrogen) atoms. The Morgan fingerprint density at radius 1 is 0.364 bits per heavy atom. The van der Waals surface area contributed by atoms with Crippen LogP contribution in [0.2, 0.25) is 0 Å². The number of aromatic nitrogens is 2. The monoisotopic (exact) mass is 702 g/mol. The molecule has 0 fully saturated rings. The molecule has 1 aromatic heterocycles. The van der Waals surface area contributed by atoms with E-state index in [2.05, 4.69) is 196 Å². The second-order valence-corrected chi connectivity index (χ2v) is 15.0. The van der Waals surface area contributed by atoms with Crippen LogP contribution in [0, 0.1) is 0 Å². The number of nitrogens with zero attached hydrogens (tertiary/aromatic N) is 2. The van der Waals surface area contributed by atoms with Crippen LogP contribution in [0.25, 0.3) is 89.2 Å². The van der Waals surface area contributed by atoms with Crippen LogP contribution in [-0.4, -0.2) is 9.97 Å². The SMILES string of the molecule is CC1(C)c2cc(-c3ccc(-c4nc(-c5ccccc5)cc(-c5ccccc5)n4)cc3)ccc2-c2c(-c3ccc(-c4ccccc4)cc3)cc3ccccc3c21. The second kappa shape index (κ2) is 13.2. The molecule has 0 unspecified atom stereocenters. The standard InChI is InChI=1S/C53H38N2/c1-53(2)47-33-42(37-24-28-41(29-25-37)52-54-48(39-16-8-4-9-17-39)34-49(55-52)40-18-10-5-11-19-40)30-31-45(47)50-46(32-43-20-12-13-21-44(43)51(50)53)38-26-22-36(23-27-38)35-14-6-3-7-15-35/h3-34H,1-2H3. The van der Waals surface area contributed by atoms with Gasteiger partial charge in [0.25, 0.3) is 0 Å². The molecule has 8 aromatic carbocycles. The van der Waals surface area contributed by atoms with Crippen molar-refractivity contribution in [1.29, 1.82) is 0 Å². The highest BCUT2D eigenvalue weighted by molar-refractivity contribution is 6.05. The predicted molar refractivity (Wildman–Crippen MR) is 230 cm³/mol. The van der Waals surface area contributed by atoms with Crippen LogP contribution in [0.5, 0.6) is 0 Å². The van der Waals surface area contributed by atoms with Crippen LogP contribution < -0.4 is 0 Å². The maximum Gasteiger partial charge on any atom is 0.160 e. The summed E-state index contributed by atoms with van der Waals surface area (Å²) in [7, 11) is 0. The summed E-state index contributed by atoms with van der Waals surface area (Å²) in [6.07, 6.45) is 0. The quantitative estimate of drug-likeness (QED) is 0.172. The number of fused-ring (bicyclic) bond motifs is 5. The van der Waals surface area contributed by atoms with Crippen LogP contribution in [0.15, 0.2) is 194 Å². The molecule has 9 aromatic rings. The first-order chi connectivity index (χ1) is 27.0. The lowest BCUT2D eigenvalue weighted by Crippen LogP contribution is -2.15. The van der Waals surface area contributed by atoms with Gasteiger partial charge in [-0.2, -0.15) is 0 Å². The van der Waals surface area contributed by atoms with Crippen molar-refractivity contribution >= 4 is 10.8 Å². The third kappa shape index (κ3) is 5.75. The van der Waals surface area contributed by atoms with Crippen molar-refractivity contribution in [1.82, 2.24) is 9.97 Å². The number of hydrogen-bond acceptors (Lipinski definition) is 2. The van der Waals surface area contributed by atoms with Gasteiger partial charge in [0.1, 0.15) is 0 Å². The van der Waals surface area contributed by atoms with Crippen LogP contribution in [0.1, 0.15) is 25.0 Å². The number of benzene rings is 8. The molecule has 0 saturated heterocycles. The molecular weight excluding hydrogens is 665 g/mol. The molecule has 0 saturated carbocycles. The molecule has 0 atom stereocenters. The summed E-state index contributed by atoms with van der Waals surface area (Å²) >= 11 is 0. The van der Waals surface area contributed by atoms with Gasteiger partial charge in [0.05, 0.1) is 11.4 Å². The first kappa shape index (κ1) is 32.7. The number of rotatable bonds is 6. The minimum atomic E-state index is -0.195. The average molecular weight is 703 g/mol. The Bertz CT molecular complexity index is 2780. The van der Waals surface area contributed by atoms with Crippen molar-refractivity contribution in [3.8, 4) is 78.4 Å². The largest absolute Gasteiger partial charge is 0.228 e. The molecule has 1 aliphatic rings. The van der Waals surface area contributed by atoms with Crippen molar-refractivity contribution in [3.05, 3.63) is 205 Å². The summed E-state index contributed by atoms with van der Waals surface area (Å²) in [6.45, 7) is 4.78. The first-order valence-corrected chi connectivity index (χ1v) is 19.0. The molecule has 2 heteroatoms. The normalized spacial score (nSPS) is 12.7. The van der Waals surface area contributed by atoms with Crippen molar-refractivity contribution in [2.24, 2.45) is 0 Å². The maximum absolute atomic E-state index is 5.06. The Balaban J connectivity index is 1.05. The molecule has 1 heterocycles. The van der Waals surface area contributed by atoms with E-state index in [-0.39, 0.29) is 5.41 Å². The van der Waals surface area contributed by atoms with Crippen molar-refractivity contribution in [2.45, 2.75) is 19.3 Å². The van der Waals surface area contributed by atoms with E-state index in [1.54, 1.807) is 0 Å². The van der Waals surface area contributed by atoms with Gasteiger partial charge in [0.2, 0.25) is 0 Å². The van der Waals surface area contributed by atoms with Crippen LogP contribution in [0.3, 0.4) is 0 Å². The molecule has 0 amide bonds. The molecule has 0 N–H and O–H groups in total. The topological polar surface area (TPSA) is 25.8 Å². The van der Waals surface area contributed by atoms with E-state index >= 15 is 0 Å². The van der Waals surface area contributed by atoms with E-state index in [1.165, 1.54) is 66.4 Å². The van der Waals surface area contributed by atoms with Gasteiger partial charge >= 0.3 is 0 Å². The van der Waals surface area contributed by atoms with Crippen LogP contribution >= 0.6 is 0 Å².